The molecule has 0 saturated carbocycles. The Bertz CT molecular complexity index is 1220. The molecule has 1 heterocycles. The monoisotopic (exact) mass is 481 g/mol. The molecular formula is C23H20ClN5O3S. The Morgan fingerprint density at radius 3 is 2.48 bits per heavy atom. The lowest BCUT2D eigenvalue weighted by atomic mass is 10.3. The molecule has 4 aromatic rings. The van der Waals surface area contributed by atoms with Gasteiger partial charge in [0.05, 0.1) is 11.4 Å². The molecule has 0 fully saturated rings. The van der Waals surface area contributed by atoms with Gasteiger partial charge in [-0.15, -0.1) is 10.2 Å². The van der Waals surface area contributed by atoms with Crippen LogP contribution in [0.4, 0.5) is 5.69 Å². The average Bonchev–Trinajstić information content (AvgIpc) is 3.18. The fourth-order valence-corrected chi connectivity index (χ4v) is 3.57. The normalized spacial score (nSPS) is 10.6. The number of anilines is 1. The number of aromatic nitrogens is 3. The summed E-state index contributed by atoms with van der Waals surface area (Å²) in [4.78, 5) is 12.5. The van der Waals surface area contributed by atoms with Crippen molar-refractivity contribution in [3.05, 3.63) is 89.7 Å². The van der Waals surface area contributed by atoms with Gasteiger partial charge in [0.1, 0.15) is 18.1 Å². The van der Waals surface area contributed by atoms with Crippen LogP contribution in [0.5, 0.6) is 17.2 Å². The van der Waals surface area contributed by atoms with Crippen LogP contribution in [0.1, 0.15) is 5.82 Å². The van der Waals surface area contributed by atoms with Crippen LogP contribution in [0.15, 0.2) is 84.0 Å². The molecule has 1 aromatic heterocycles. The van der Waals surface area contributed by atoms with Gasteiger partial charge in [-0.3, -0.25) is 4.79 Å². The Kier molecular flexibility index (Phi) is 7.33. The molecular weight excluding hydrogens is 462 g/mol. The summed E-state index contributed by atoms with van der Waals surface area (Å²) in [6.07, 6.45) is 0. The number of rotatable bonds is 9. The molecule has 0 unspecified atom stereocenters. The third-order valence-corrected chi connectivity index (χ3v) is 5.58. The van der Waals surface area contributed by atoms with E-state index >= 15 is 0 Å². The lowest BCUT2D eigenvalue weighted by molar-refractivity contribution is -0.113. The highest BCUT2D eigenvalue weighted by Crippen LogP contribution is 2.29. The van der Waals surface area contributed by atoms with Crippen LogP contribution in [0.3, 0.4) is 0 Å². The summed E-state index contributed by atoms with van der Waals surface area (Å²) in [6.45, 7) is 0.127. The summed E-state index contributed by atoms with van der Waals surface area (Å²) >= 11 is 7.04. The van der Waals surface area contributed by atoms with Gasteiger partial charge < -0.3 is 20.6 Å². The van der Waals surface area contributed by atoms with Crippen molar-refractivity contribution < 1.29 is 14.3 Å². The second kappa shape index (κ2) is 10.8. The zero-order valence-corrected chi connectivity index (χ0v) is 18.9. The van der Waals surface area contributed by atoms with Crippen LogP contribution >= 0.6 is 23.4 Å². The second-order valence-electron chi connectivity index (χ2n) is 6.76. The molecule has 33 heavy (non-hydrogen) atoms. The molecule has 4 rings (SSSR count). The predicted octanol–water partition coefficient (Wildman–Crippen LogP) is 4.75. The van der Waals surface area contributed by atoms with Gasteiger partial charge in [-0.25, -0.2) is 4.68 Å². The van der Waals surface area contributed by atoms with E-state index < -0.39 is 0 Å². The number of amides is 1. The van der Waals surface area contributed by atoms with Gasteiger partial charge in [-0.2, -0.15) is 0 Å². The highest BCUT2D eigenvalue weighted by molar-refractivity contribution is 7.99. The number of benzene rings is 3. The molecule has 10 heteroatoms. The Morgan fingerprint density at radius 2 is 1.70 bits per heavy atom. The number of nitrogen functional groups attached to an aromatic ring is 1. The van der Waals surface area contributed by atoms with E-state index in [1.807, 2.05) is 42.5 Å². The number of nitrogens with two attached hydrogens (primary N) is 1. The van der Waals surface area contributed by atoms with Gasteiger partial charge in [-0.05, 0) is 48.5 Å². The molecule has 8 nitrogen and oxygen atoms in total. The topological polar surface area (TPSA) is 104 Å². The number of nitrogens with zero attached hydrogens (tertiary/aromatic N) is 3. The number of halogens is 1. The van der Waals surface area contributed by atoms with Crippen LogP contribution in [0, 0.1) is 0 Å². The van der Waals surface area contributed by atoms with Gasteiger partial charge in [0, 0.05) is 5.02 Å². The highest BCUT2D eigenvalue weighted by Gasteiger charge is 2.14. The van der Waals surface area contributed by atoms with E-state index in [9.17, 15) is 4.79 Å². The Labute approximate surface area is 199 Å². The number of para-hydroxylation sites is 3. The number of hydrogen-bond acceptors (Lipinski definition) is 7. The van der Waals surface area contributed by atoms with E-state index in [2.05, 4.69) is 15.5 Å². The molecule has 0 aliphatic rings. The summed E-state index contributed by atoms with van der Waals surface area (Å²) < 4.78 is 12.8. The van der Waals surface area contributed by atoms with Crippen LogP contribution in [0.25, 0.3) is 0 Å². The SMILES string of the molecule is Nn1c(COc2ccc(Cl)cc2)nnc1SCC(=O)Nc1ccccc1Oc1ccccc1. The molecule has 0 saturated heterocycles. The van der Waals surface area contributed by atoms with Crippen LogP contribution in [-0.2, 0) is 11.4 Å². The Hall–Kier alpha value is -3.69. The van der Waals surface area contributed by atoms with Crippen LogP contribution < -0.4 is 20.6 Å². The van der Waals surface area contributed by atoms with Crippen molar-refractivity contribution in [1.29, 1.82) is 0 Å². The molecule has 0 aliphatic heterocycles. The first-order chi connectivity index (χ1) is 16.1. The maximum absolute atomic E-state index is 12.5. The van der Waals surface area contributed by atoms with Gasteiger partial charge in [0.2, 0.25) is 11.1 Å². The minimum atomic E-state index is -0.230. The fourth-order valence-electron chi connectivity index (χ4n) is 2.77. The first-order valence-electron chi connectivity index (χ1n) is 9.91. The molecule has 3 N–H and O–H groups in total. The number of hydrogen-bond donors (Lipinski definition) is 2. The molecule has 168 valence electrons. The standard InChI is InChI=1S/C23H20ClN5O3S/c24-16-10-12-17(13-11-16)31-14-21-27-28-23(29(21)25)33-15-22(30)26-19-8-4-5-9-20(19)32-18-6-2-1-3-7-18/h1-13H,14-15,25H2,(H,26,30). The smallest absolute Gasteiger partial charge is 0.234 e. The summed E-state index contributed by atoms with van der Waals surface area (Å²) in [5.74, 6) is 8.20. The minimum absolute atomic E-state index is 0.0903. The van der Waals surface area contributed by atoms with Gasteiger partial charge in [0.25, 0.3) is 0 Å². The summed E-state index contributed by atoms with van der Waals surface area (Å²) in [6, 6.07) is 23.5. The third kappa shape index (κ3) is 6.18. The largest absolute Gasteiger partial charge is 0.486 e. The van der Waals surface area contributed by atoms with E-state index in [1.54, 1.807) is 36.4 Å². The van der Waals surface area contributed by atoms with Gasteiger partial charge in [-0.1, -0.05) is 53.7 Å². The van der Waals surface area contributed by atoms with E-state index in [1.165, 1.54) is 16.4 Å². The molecule has 0 atom stereocenters. The van der Waals surface area contributed by atoms with Gasteiger partial charge >= 0.3 is 0 Å². The quantitative estimate of drug-likeness (QED) is 0.262. The minimum Gasteiger partial charge on any atom is -0.486 e. The van der Waals surface area contributed by atoms with Crippen molar-refractivity contribution in [1.82, 2.24) is 14.9 Å². The van der Waals surface area contributed by atoms with Crippen molar-refractivity contribution in [2.24, 2.45) is 0 Å². The molecule has 1 amide bonds. The maximum atomic E-state index is 12.5. The molecule has 3 aromatic carbocycles. The van der Waals surface area contributed by atoms with Crippen molar-refractivity contribution >= 4 is 35.0 Å². The van der Waals surface area contributed by atoms with Crippen molar-refractivity contribution in [3.63, 3.8) is 0 Å². The second-order valence-corrected chi connectivity index (χ2v) is 8.14. The summed E-state index contributed by atoms with van der Waals surface area (Å²) in [5.41, 5.74) is 0.568. The van der Waals surface area contributed by atoms with E-state index in [0.717, 1.165) is 0 Å². The van der Waals surface area contributed by atoms with E-state index in [4.69, 9.17) is 26.9 Å². The van der Waals surface area contributed by atoms with E-state index in [0.29, 0.717) is 38.9 Å². The fraction of sp³-hybridized carbons (Fsp3) is 0.0870. The zero-order chi connectivity index (χ0) is 23.0. The van der Waals surface area contributed by atoms with Crippen LogP contribution in [-0.4, -0.2) is 26.5 Å². The van der Waals surface area contributed by atoms with Gasteiger partial charge in [0.15, 0.2) is 11.6 Å². The lowest BCUT2D eigenvalue weighted by Gasteiger charge is -2.12. The Balaban J connectivity index is 1.32. The summed E-state index contributed by atoms with van der Waals surface area (Å²) in [5, 5.41) is 12.0. The van der Waals surface area contributed by atoms with E-state index in [-0.39, 0.29) is 18.3 Å². The molecule has 0 radical (unpaired) electrons. The van der Waals surface area contributed by atoms with Crippen LogP contribution in [0.2, 0.25) is 5.02 Å². The number of thioether (sulfide) groups is 1. The molecule has 0 bridgehead atoms. The lowest BCUT2D eigenvalue weighted by Crippen LogP contribution is -2.18. The zero-order valence-electron chi connectivity index (χ0n) is 17.3. The first kappa shape index (κ1) is 22.5. The number of carbonyl (C=O) groups excluding carboxylic acids is 1. The van der Waals surface area contributed by atoms with Crippen molar-refractivity contribution in [2.45, 2.75) is 11.8 Å². The Morgan fingerprint density at radius 1 is 0.970 bits per heavy atom. The number of ether oxygens (including phenoxy) is 2. The first-order valence-corrected chi connectivity index (χ1v) is 11.3. The van der Waals surface area contributed by atoms with Crippen molar-refractivity contribution in [2.75, 3.05) is 16.9 Å². The number of nitrogens with one attached hydrogen (secondary N) is 1. The number of carbonyl (C=O) groups is 1. The predicted molar refractivity (Wildman–Crippen MR) is 128 cm³/mol. The molecule has 0 spiro atoms. The van der Waals surface area contributed by atoms with Crippen molar-refractivity contribution in [3.8, 4) is 17.2 Å². The summed E-state index contributed by atoms with van der Waals surface area (Å²) in [7, 11) is 0. The molecule has 0 aliphatic carbocycles. The maximum Gasteiger partial charge on any atom is 0.234 e. The highest BCUT2D eigenvalue weighted by atomic mass is 35.5. The third-order valence-electron chi connectivity index (χ3n) is 4.38. The average molecular weight is 482 g/mol.